The van der Waals surface area contributed by atoms with Crippen molar-refractivity contribution in [1.82, 2.24) is 5.32 Å². The van der Waals surface area contributed by atoms with Crippen molar-refractivity contribution in [2.45, 2.75) is 31.3 Å². The minimum absolute atomic E-state index is 0.144. The lowest BCUT2D eigenvalue weighted by Gasteiger charge is -2.18. The number of halogens is 3. The minimum Gasteiger partial charge on any atom is -0.470 e. The van der Waals surface area contributed by atoms with Crippen LogP contribution in [0.2, 0.25) is 0 Å². The van der Waals surface area contributed by atoms with Crippen molar-refractivity contribution in [3.8, 4) is 0 Å². The molecular weight excluding hydrogens is 317 g/mol. The number of carbonyl (C=O) groups is 1. The largest absolute Gasteiger partial charge is 0.470 e. The molecular formula is C13H21F3N4O3. The lowest BCUT2D eigenvalue weighted by molar-refractivity contribution is -0.123. The van der Waals surface area contributed by atoms with E-state index in [9.17, 15) is 23.1 Å². The van der Waals surface area contributed by atoms with Crippen molar-refractivity contribution < 1.29 is 27.8 Å². The number of aliphatic hydroxyl groups is 1. The number of alkyl halides is 3. The van der Waals surface area contributed by atoms with E-state index in [2.05, 4.69) is 10.3 Å². The number of rotatable bonds is 6. The lowest BCUT2D eigenvalue weighted by atomic mass is 9.96. The van der Waals surface area contributed by atoms with Gasteiger partial charge in [0.15, 0.2) is 5.78 Å². The number of nitrogens with two attached hydrogens (primary N) is 2. The molecule has 0 saturated carbocycles. The Kier molecular flexibility index (Phi) is 6.98. The number of hydrogen-bond acceptors (Lipinski definition) is 7. The van der Waals surface area contributed by atoms with Crippen LogP contribution < -0.4 is 16.8 Å². The molecule has 7 nitrogen and oxygen atoms in total. The number of aliphatic imine (C=N–C) groups is 1. The number of aliphatic hydroxyl groups excluding tert-OH is 1. The standard InChI is InChI=1S/C13H21F3N4O3/c1-19-11(5-10(18)13(14,15)16)23-6-9(21)8(17)4-7-2-3-20-12(7)22/h5,7-8,12,20,22H,2-4,6,17-18H2,1H3/t7-,8-,12?/m0/s1. The maximum absolute atomic E-state index is 12.3. The van der Waals surface area contributed by atoms with Crippen molar-refractivity contribution in [3.05, 3.63) is 11.8 Å². The van der Waals surface area contributed by atoms with Crippen molar-refractivity contribution in [2.24, 2.45) is 22.4 Å². The van der Waals surface area contributed by atoms with Gasteiger partial charge in [0.25, 0.3) is 0 Å². The first kappa shape index (κ1) is 19.4. The van der Waals surface area contributed by atoms with Crippen LogP contribution in [0.25, 0.3) is 0 Å². The van der Waals surface area contributed by atoms with Crippen molar-refractivity contribution in [3.63, 3.8) is 0 Å². The van der Waals surface area contributed by atoms with Gasteiger partial charge < -0.3 is 21.3 Å². The third-order valence-corrected chi connectivity index (χ3v) is 3.47. The van der Waals surface area contributed by atoms with Crippen LogP contribution in [0, 0.1) is 5.92 Å². The number of ketones is 1. The van der Waals surface area contributed by atoms with Gasteiger partial charge in [-0.05, 0) is 19.4 Å². The molecule has 1 aliphatic heterocycles. The van der Waals surface area contributed by atoms with Gasteiger partial charge in [-0.3, -0.25) is 15.1 Å². The summed E-state index contributed by atoms with van der Waals surface area (Å²) in [6.07, 6.45) is -3.96. The molecule has 0 amide bonds. The number of hydrogen-bond donors (Lipinski definition) is 4. The van der Waals surface area contributed by atoms with Gasteiger partial charge in [0.1, 0.15) is 18.5 Å². The zero-order valence-corrected chi connectivity index (χ0v) is 12.6. The first-order valence-corrected chi connectivity index (χ1v) is 6.98. The van der Waals surface area contributed by atoms with Gasteiger partial charge in [0.2, 0.25) is 5.90 Å². The highest BCUT2D eigenvalue weighted by molar-refractivity contribution is 5.92. The second-order valence-corrected chi connectivity index (χ2v) is 5.20. The number of ether oxygens (including phenoxy) is 1. The molecule has 10 heteroatoms. The molecule has 1 saturated heterocycles. The summed E-state index contributed by atoms with van der Waals surface area (Å²) < 4.78 is 41.9. The molecule has 23 heavy (non-hydrogen) atoms. The van der Waals surface area contributed by atoms with E-state index >= 15 is 0 Å². The van der Waals surface area contributed by atoms with Crippen molar-refractivity contribution in [2.75, 3.05) is 20.2 Å². The SMILES string of the molecule is CN=C(C=C(N)C(F)(F)F)OCC(=O)[C@@H](N)C[C@@H]1CCNC1O. The molecule has 0 spiro atoms. The lowest BCUT2D eigenvalue weighted by Crippen LogP contribution is -2.38. The van der Waals surface area contributed by atoms with Gasteiger partial charge >= 0.3 is 6.18 Å². The molecule has 1 aliphatic rings. The summed E-state index contributed by atoms with van der Waals surface area (Å²) in [7, 11) is 1.21. The maximum Gasteiger partial charge on any atom is 0.430 e. The fourth-order valence-corrected chi connectivity index (χ4v) is 2.08. The van der Waals surface area contributed by atoms with Crippen LogP contribution in [0.5, 0.6) is 0 Å². The molecule has 0 aromatic heterocycles. The highest BCUT2D eigenvalue weighted by Crippen LogP contribution is 2.21. The van der Waals surface area contributed by atoms with Crippen LogP contribution in [0.4, 0.5) is 13.2 Å². The predicted molar refractivity (Wildman–Crippen MR) is 77.4 cm³/mol. The molecule has 0 aromatic carbocycles. The summed E-state index contributed by atoms with van der Waals surface area (Å²) in [5.74, 6) is -1.05. The molecule has 0 bridgehead atoms. The molecule has 0 radical (unpaired) electrons. The zero-order chi connectivity index (χ0) is 17.6. The summed E-state index contributed by atoms with van der Waals surface area (Å²) in [5, 5.41) is 12.4. The first-order valence-electron chi connectivity index (χ1n) is 6.98. The summed E-state index contributed by atoms with van der Waals surface area (Å²) in [6.45, 7) is 0.114. The van der Waals surface area contributed by atoms with E-state index in [1.54, 1.807) is 0 Å². The van der Waals surface area contributed by atoms with Gasteiger partial charge in [-0.25, -0.2) is 0 Å². The first-order chi connectivity index (χ1) is 10.6. The third-order valence-electron chi connectivity index (χ3n) is 3.47. The highest BCUT2D eigenvalue weighted by Gasteiger charge is 2.32. The second kappa shape index (κ2) is 8.27. The topological polar surface area (TPSA) is 123 Å². The van der Waals surface area contributed by atoms with Crippen molar-refractivity contribution in [1.29, 1.82) is 0 Å². The van der Waals surface area contributed by atoms with E-state index in [0.29, 0.717) is 19.0 Å². The van der Waals surface area contributed by atoms with Gasteiger partial charge in [-0.2, -0.15) is 13.2 Å². The number of Topliss-reactive ketones (excluding diaryl/α,β-unsaturated/α-hetero) is 1. The molecule has 0 aromatic rings. The smallest absolute Gasteiger partial charge is 0.430 e. The molecule has 1 unspecified atom stereocenters. The summed E-state index contributed by atoms with van der Waals surface area (Å²) in [6, 6.07) is -0.878. The quantitative estimate of drug-likeness (QED) is 0.388. The second-order valence-electron chi connectivity index (χ2n) is 5.20. The number of nitrogens with zero attached hydrogens (tertiary/aromatic N) is 1. The Bertz CT molecular complexity index is 480. The minimum atomic E-state index is -4.70. The summed E-state index contributed by atoms with van der Waals surface area (Å²) in [5.41, 5.74) is 9.20. The Morgan fingerprint density at radius 1 is 1.57 bits per heavy atom. The van der Waals surface area contributed by atoms with E-state index in [1.807, 2.05) is 0 Å². The Hall–Kier alpha value is -1.65. The molecule has 0 aliphatic carbocycles. The number of allylic oxidation sites excluding steroid dienone is 1. The van der Waals surface area contributed by atoms with Gasteiger partial charge in [0, 0.05) is 19.0 Å². The van der Waals surface area contributed by atoms with E-state index in [1.165, 1.54) is 7.05 Å². The maximum atomic E-state index is 12.3. The number of carbonyl (C=O) groups excluding carboxylic acids is 1. The molecule has 1 fully saturated rings. The van der Waals surface area contributed by atoms with Crippen LogP contribution >= 0.6 is 0 Å². The van der Waals surface area contributed by atoms with Crippen LogP contribution in [0.15, 0.2) is 16.8 Å². The molecule has 1 heterocycles. The average Bonchev–Trinajstić information content (AvgIpc) is 2.86. The predicted octanol–water partition coefficient (Wildman–Crippen LogP) is -0.349. The average molecular weight is 338 g/mol. The third kappa shape index (κ3) is 6.16. The molecule has 6 N–H and O–H groups in total. The fraction of sp³-hybridized carbons (Fsp3) is 0.692. The van der Waals surface area contributed by atoms with Gasteiger partial charge in [0.05, 0.1) is 6.04 Å². The van der Waals surface area contributed by atoms with Gasteiger partial charge in [-0.1, -0.05) is 0 Å². The summed E-state index contributed by atoms with van der Waals surface area (Å²) in [4.78, 5) is 15.3. The molecule has 3 atom stereocenters. The Balaban J connectivity index is 2.50. The van der Waals surface area contributed by atoms with E-state index < -0.39 is 42.4 Å². The van der Waals surface area contributed by atoms with Gasteiger partial charge in [-0.15, -0.1) is 0 Å². The number of nitrogens with one attached hydrogen (secondary N) is 1. The Morgan fingerprint density at radius 2 is 2.22 bits per heavy atom. The summed E-state index contributed by atoms with van der Waals surface area (Å²) >= 11 is 0. The molecule has 1 rings (SSSR count). The molecule has 132 valence electrons. The highest BCUT2D eigenvalue weighted by atomic mass is 19.4. The monoisotopic (exact) mass is 338 g/mol. The van der Waals surface area contributed by atoms with E-state index in [-0.39, 0.29) is 12.3 Å². The van der Waals surface area contributed by atoms with Crippen LogP contribution in [0.1, 0.15) is 12.8 Å². The zero-order valence-electron chi connectivity index (χ0n) is 12.6. The Labute approximate surface area is 131 Å². The Morgan fingerprint density at radius 3 is 2.70 bits per heavy atom. The van der Waals surface area contributed by atoms with Crippen LogP contribution in [0.3, 0.4) is 0 Å². The van der Waals surface area contributed by atoms with E-state index in [0.717, 1.165) is 0 Å². The van der Waals surface area contributed by atoms with Crippen LogP contribution in [-0.2, 0) is 9.53 Å². The fourth-order valence-electron chi connectivity index (χ4n) is 2.08. The van der Waals surface area contributed by atoms with E-state index in [4.69, 9.17) is 16.2 Å². The van der Waals surface area contributed by atoms with Crippen molar-refractivity contribution >= 4 is 11.7 Å². The normalized spacial score (nSPS) is 24.6. The van der Waals surface area contributed by atoms with Crippen LogP contribution in [-0.4, -0.2) is 55.4 Å².